The van der Waals surface area contributed by atoms with E-state index in [0.717, 1.165) is 39.8 Å². The fourth-order valence-electron chi connectivity index (χ4n) is 2.32. The van der Waals surface area contributed by atoms with Crippen molar-refractivity contribution in [2.75, 3.05) is 5.32 Å². The molecule has 0 aliphatic carbocycles. The van der Waals surface area contributed by atoms with Crippen LogP contribution in [0.25, 0.3) is 11.0 Å². The standard InChI is InChI=1S/C15H16BrN3O2/c1-9(4-5-10-3-2-6-21-10)17-12-8-14-13(7-11(12)16)18-15(20)19-14/h2-3,6-9,17H,4-5H2,1H3,(H2,18,19,20). The number of halogens is 1. The highest BCUT2D eigenvalue weighted by Crippen LogP contribution is 2.27. The number of rotatable bonds is 5. The van der Waals surface area contributed by atoms with E-state index < -0.39 is 0 Å². The Labute approximate surface area is 129 Å². The number of hydrogen-bond acceptors (Lipinski definition) is 3. The molecule has 0 fully saturated rings. The summed E-state index contributed by atoms with van der Waals surface area (Å²) in [6.07, 6.45) is 3.55. The van der Waals surface area contributed by atoms with Gasteiger partial charge in [-0.1, -0.05) is 0 Å². The summed E-state index contributed by atoms with van der Waals surface area (Å²) in [6, 6.07) is 8.00. The van der Waals surface area contributed by atoms with Crippen molar-refractivity contribution >= 4 is 32.7 Å². The average molecular weight is 350 g/mol. The lowest BCUT2D eigenvalue weighted by Gasteiger charge is -2.16. The van der Waals surface area contributed by atoms with Gasteiger partial charge in [0.25, 0.3) is 0 Å². The van der Waals surface area contributed by atoms with Crippen LogP contribution < -0.4 is 11.0 Å². The van der Waals surface area contributed by atoms with Gasteiger partial charge in [0.2, 0.25) is 0 Å². The quantitative estimate of drug-likeness (QED) is 0.658. The van der Waals surface area contributed by atoms with Crippen LogP contribution in [0.3, 0.4) is 0 Å². The highest BCUT2D eigenvalue weighted by molar-refractivity contribution is 9.10. The molecular formula is C15H16BrN3O2. The molecule has 0 saturated carbocycles. The van der Waals surface area contributed by atoms with Gasteiger partial charge in [-0.2, -0.15) is 0 Å². The summed E-state index contributed by atoms with van der Waals surface area (Å²) in [6.45, 7) is 2.12. The normalized spacial score (nSPS) is 12.7. The molecule has 0 amide bonds. The minimum Gasteiger partial charge on any atom is -0.469 e. The van der Waals surface area contributed by atoms with Gasteiger partial charge in [0, 0.05) is 16.9 Å². The van der Waals surface area contributed by atoms with Gasteiger partial charge in [0.1, 0.15) is 5.76 Å². The summed E-state index contributed by atoms with van der Waals surface area (Å²) in [5.74, 6) is 0.994. The van der Waals surface area contributed by atoms with E-state index in [-0.39, 0.29) is 11.7 Å². The molecule has 1 aromatic carbocycles. The molecule has 2 heterocycles. The van der Waals surface area contributed by atoms with Crippen LogP contribution in [0.5, 0.6) is 0 Å². The Bertz CT molecular complexity index is 789. The van der Waals surface area contributed by atoms with Crippen LogP contribution in [-0.2, 0) is 6.42 Å². The summed E-state index contributed by atoms with van der Waals surface area (Å²) in [7, 11) is 0. The molecule has 1 atom stereocenters. The first-order valence-electron chi connectivity index (χ1n) is 6.82. The van der Waals surface area contributed by atoms with Crippen LogP contribution in [0.4, 0.5) is 5.69 Å². The molecule has 3 aromatic rings. The first-order valence-corrected chi connectivity index (χ1v) is 7.61. The second-order valence-corrected chi connectivity index (χ2v) is 5.97. The van der Waals surface area contributed by atoms with Crippen molar-refractivity contribution < 1.29 is 4.42 Å². The minimum atomic E-state index is -0.195. The van der Waals surface area contributed by atoms with E-state index in [1.54, 1.807) is 6.26 Å². The van der Waals surface area contributed by atoms with Crippen molar-refractivity contribution in [3.05, 3.63) is 51.2 Å². The van der Waals surface area contributed by atoms with Gasteiger partial charge in [-0.25, -0.2) is 4.79 Å². The summed E-state index contributed by atoms with van der Waals surface area (Å²) < 4.78 is 6.26. The van der Waals surface area contributed by atoms with Gasteiger partial charge < -0.3 is 19.7 Å². The predicted molar refractivity (Wildman–Crippen MR) is 86.7 cm³/mol. The second-order valence-electron chi connectivity index (χ2n) is 5.12. The number of furan rings is 1. The summed E-state index contributed by atoms with van der Waals surface area (Å²) in [5, 5.41) is 3.45. The van der Waals surface area contributed by atoms with Gasteiger partial charge >= 0.3 is 5.69 Å². The number of hydrogen-bond donors (Lipinski definition) is 3. The molecule has 110 valence electrons. The molecule has 0 bridgehead atoms. The number of anilines is 1. The number of fused-ring (bicyclic) bond motifs is 1. The Morgan fingerprint density at radius 2 is 2.10 bits per heavy atom. The molecular weight excluding hydrogens is 334 g/mol. The zero-order chi connectivity index (χ0) is 14.8. The predicted octanol–water partition coefficient (Wildman–Crippen LogP) is 3.64. The molecule has 0 spiro atoms. The molecule has 3 rings (SSSR count). The lowest BCUT2D eigenvalue weighted by Crippen LogP contribution is -2.16. The van der Waals surface area contributed by atoms with E-state index in [1.165, 1.54) is 0 Å². The molecule has 3 N–H and O–H groups in total. The zero-order valence-electron chi connectivity index (χ0n) is 11.6. The average Bonchev–Trinajstić information content (AvgIpc) is 3.05. The van der Waals surface area contributed by atoms with Crippen molar-refractivity contribution in [2.45, 2.75) is 25.8 Å². The first-order chi connectivity index (χ1) is 10.1. The highest BCUT2D eigenvalue weighted by atomic mass is 79.9. The third-order valence-electron chi connectivity index (χ3n) is 3.41. The highest BCUT2D eigenvalue weighted by Gasteiger charge is 2.09. The molecule has 0 aliphatic rings. The number of aryl methyl sites for hydroxylation is 1. The fraction of sp³-hybridized carbons (Fsp3) is 0.267. The van der Waals surface area contributed by atoms with Crippen LogP contribution >= 0.6 is 15.9 Å². The Morgan fingerprint density at radius 3 is 2.81 bits per heavy atom. The van der Waals surface area contributed by atoms with Crippen LogP contribution in [0.1, 0.15) is 19.1 Å². The van der Waals surface area contributed by atoms with Crippen molar-refractivity contribution in [2.24, 2.45) is 0 Å². The van der Waals surface area contributed by atoms with Crippen LogP contribution in [0.15, 0.2) is 44.2 Å². The van der Waals surface area contributed by atoms with E-state index >= 15 is 0 Å². The van der Waals surface area contributed by atoms with Gasteiger partial charge in [-0.3, -0.25) is 0 Å². The molecule has 1 unspecified atom stereocenters. The Morgan fingerprint density at radius 1 is 1.33 bits per heavy atom. The van der Waals surface area contributed by atoms with Gasteiger partial charge in [-0.15, -0.1) is 0 Å². The van der Waals surface area contributed by atoms with Crippen LogP contribution in [0.2, 0.25) is 0 Å². The lowest BCUT2D eigenvalue weighted by molar-refractivity contribution is 0.495. The number of benzene rings is 1. The van der Waals surface area contributed by atoms with Crippen molar-refractivity contribution in [3.8, 4) is 0 Å². The Kier molecular flexibility index (Phi) is 3.88. The summed E-state index contributed by atoms with van der Waals surface area (Å²) in [5.41, 5.74) is 2.36. The van der Waals surface area contributed by atoms with Crippen molar-refractivity contribution in [1.29, 1.82) is 0 Å². The van der Waals surface area contributed by atoms with E-state index in [2.05, 4.69) is 38.1 Å². The van der Waals surface area contributed by atoms with Crippen molar-refractivity contribution in [3.63, 3.8) is 0 Å². The number of nitrogens with one attached hydrogen (secondary N) is 3. The molecule has 0 radical (unpaired) electrons. The number of aromatic amines is 2. The third kappa shape index (κ3) is 3.21. The maximum absolute atomic E-state index is 11.3. The van der Waals surface area contributed by atoms with Gasteiger partial charge in [0.05, 0.1) is 23.0 Å². The number of aromatic nitrogens is 2. The first kappa shape index (κ1) is 14.0. The molecule has 21 heavy (non-hydrogen) atoms. The van der Waals surface area contributed by atoms with E-state index in [9.17, 15) is 4.79 Å². The summed E-state index contributed by atoms with van der Waals surface area (Å²) in [4.78, 5) is 16.8. The largest absolute Gasteiger partial charge is 0.469 e. The number of imidazole rings is 1. The maximum atomic E-state index is 11.3. The minimum absolute atomic E-state index is 0.195. The smallest absolute Gasteiger partial charge is 0.323 e. The van der Waals surface area contributed by atoms with Crippen molar-refractivity contribution in [1.82, 2.24) is 9.97 Å². The summed E-state index contributed by atoms with van der Waals surface area (Å²) >= 11 is 3.53. The second kappa shape index (κ2) is 5.81. The molecule has 2 aromatic heterocycles. The maximum Gasteiger partial charge on any atom is 0.323 e. The lowest BCUT2D eigenvalue weighted by atomic mass is 10.1. The Balaban J connectivity index is 1.71. The van der Waals surface area contributed by atoms with Crippen LogP contribution in [0, 0.1) is 0 Å². The Hall–Kier alpha value is -1.95. The number of H-pyrrole nitrogens is 2. The molecule has 0 saturated heterocycles. The zero-order valence-corrected chi connectivity index (χ0v) is 13.2. The van der Waals surface area contributed by atoms with E-state index in [0.29, 0.717) is 0 Å². The van der Waals surface area contributed by atoms with Gasteiger partial charge in [-0.05, 0) is 53.5 Å². The molecule has 0 aliphatic heterocycles. The molecule has 6 heteroatoms. The SMILES string of the molecule is CC(CCc1ccco1)Nc1cc2[nH]c(=O)[nH]c2cc1Br. The third-order valence-corrected chi connectivity index (χ3v) is 4.07. The fourth-order valence-corrected chi connectivity index (χ4v) is 2.78. The van der Waals surface area contributed by atoms with E-state index in [1.807, 2.05) is 24.3 Å². The molecule has 5 nitrogen and oxygen atoms in total. The monoisotopic (exact) mass is 349 g/mol. The van der Waals surface area contributed by atoms with Gasteiger partial charge in [0.15, 0.2) is 0 Å². The topological polar surface area (TPSA) is 73.8 Å². The van der Waals surface area contributed by atoms with Crippen LogP contribution in [-0.4, -0.2) is 16.0 Å². The van der Waals surface area contributed by atoms with E-state index in [4.69, 9.17) is 4.42 Å².